The highest BCUT2D eigenvalue weighted by atomic mass is 16.2. The van der Waals surface area contributed by atoms with Crippen molar-refractivity contribution in [3.8, 4) is 0 Å². The lowest BCUT2D eigenvalue weighted by Gasteiger charge is -2.32. The number of amides is 1. The molecule has 1 amide bonds. The molecule has 0 bridgehead atoms. The average molecular weight is 255 g/mol. The maximum atomic E-state index is 12.1. The van der Waals surface area contributed by atoms with E-state index in [4.69, 9.17) is 5.73 Å². The molecule has 1 aliphatic rings. The summed E-state index contributed by atoms with van der Waals surface area (Å²) in [6.45, 7) is 5.29. The van der Waals surface area contributed by atoms with Crippen LogP contribution in [0.1, 0.15) is 39.0 Å². The lowest BCUT2D eigenvalue weighted by molar-refractivity contribution is -0.132. The van der Waals surface area contributed by atoms with Crippen LogP contribution in [0.2, 0.25) is 0 Å². The zero-order valence-electron chi connectivity index (χ0n) is 12.2. The van der Waals surface area contributed by atoms with Gasteiger partial charge in [-0.05, 0) is 45.3 Å². The summed E-state index contributed by atoms with van der Waals surface area (Å²) in [5.41, 5.74) is 5.93. The molecule has 1 unspecified atom stereocenters. The number of likely N-dealkylation sites (tertiary alicyclic amines) is 1. The Labute approximate surface area is 111 Å². The number of carbonyl (C=O) groups is 1. The molecule has 2 N–H and O–H groups in total. The summed E-state index contributed by atoms with van der Waals surface area (Å²) in [7, 11) is 4.05. The fraction of sp³-hybridized carbons (Fsp3) is 0.929. The number of rotatable bonds is 6. The van der Waals surface area contributed by atoms with E-state index in [9.17, 15) is 4.79 Å². The van der Waals surface area contributed by atoms with E-state index in [0.717, 1.165) is 38.9 Å². The lowest BCUT2D eigenvalue weighted by Crippen LogP contribution is -2.45. The number of unbranched alkanes of at least 4 members (excludes halogenated alkanes) is 1. The molecule has 4 nitrogen and oxygen atoms in total. The van der Waals surface area contributed by atoms with Crippen LogP contribution in [-0.2, 0) is 4.79 Å². The van der Waals surface area contributed by atoms with Crippen LogP contribution >= 0.6 is 0 Å². The van der Waals surface area contributed by atoms with E-state index in [1.807, 2.05) is 11.9 Å². The molecule has 0 aromatic heterocycles. The summed E-state index contributed by atoms with van der Waals surface area (Å²) in [6, 6.07) is -0.304. The van der Waals surface area contributed by atoms with E-state index in [0.29, 0.717) is 5.92 Å². The predicted octanol–water partition coefficient (Wildman–Crippen LogP) is 1.30. The molecule has 1 fully saturated rings. The maximum absolute atomic E-state index is 12.1. The quantitative estimate of drug-likeness (QED) is 0.778. The number of hydrogen-bond acceptors (Lipinski definition) is 3. The molecule has 0 aliphatic carbocycles. The minimum absolute atomic E-state index is 0.113. The first kappa shape index (κ1) is 15.4. The second-order valence-electron chi connectivity index (χ2n) is 5.71. The highest BCUT2D eigenvalue weighted by Gasteiger charge is 2.22. The Morgan fingerprint density at radius 2 is 2.06 bits per heavy atom. The predicted molar refractivity (Wildman–Crippen MR) is 75.4 cm³/mol. The fourth-order valence-electron chi connectivity index (χ4n) is 2.55. The summed E-state index contributed by atoms with van der Waals surface area (Å²) in [5, 5.41) is 0. The number of carbonyl (C=O) groups excluding carboxylic acids is 1. The zero-order valence-corrected chi connectivity index (χ0v) is 12.2. The van der Waals surface area contributed by atoms with Crippen molar-refractivity contribution >= 4 is 5.91 Å². The largest absolute Gasteiger partial charge is 0.344 e. The number of nitrogens with two attached hydrogens (primary N) is 1. The van der Waals surface area contributed by atoms with Gasteiger partial charge in [0, 0.05) is 13.6 Å². The molecule has 0 spiro atoms. The van der Waals surface area contributed by atoms with Crippen LogP contribution in [0.4, 0.5) is 0 Å². The Balaban J connectivity index is 2.30. The van der Waals surface area contributed by atoms with Gasteiger partial charge in [0.2, 0.25) is 5.91 Å². The monoisotopic (exact) mass is 255 g/mol. The SMILES string of the molecule is CCCCC(N)C(=O)N(C)CC1CCN(C)CC1. The molecule has 106 valence electrons. The molecule has 0 aromatic rings. The molecule has 0 aromatic carbocycles. The number of nitrogens with zero attached hydrogens (tertiary/aromatic N) is 2. The first-order valence-corrected chi connectivity index (χ1v) is 7.23. The van der Waals surface area contributed by atoms with Crippen LogP contribution in [-0.4, -0.2) is 55.5 Å². The van der Waals surface area contributed by atoms with Gasteiger partial charge in [0.05, 0.1) is 6.04 Å². The Bertz CT molecular complexity index is 249. The van der Waals surface area contributed by atoms with E-state index in [1.54, 1.807) is 0 Å². The lowest BCUT2D eigenvalue weighted by atomic mass is 9.96. The van der Waals surface area contributed by atoms with Crippen LogP contribution in [0, 0.1) is 5.92 Å². The van der Waals surface area contributed by atoms with Gasteiger partial charge in [-0.1, -0.05) is 19.8 Å². The summed E-state index contributed by atoms with van der Waals surface area (Å²) in [4.78, 5) is 16.3. The molecule has 1 rings (SSSR count). The molecule has 1 heterocycles. The Morgan fingerprint density at radius 3 is 2.61 bits per heavy atom. The van der Waals surface area contributed by atoms with Gasteiger partial charge >= 0.3 is 0 Å². The van der Waals surface area contributed by atoms with Crippen LogP contribution in [0.3, 0.4) is 0 Å². The molecule has 0 radical (unpaired) electrons. The third kappa shape index (κ3) is 4.94. The van der Waals surface area contributed by atoms with E-state index >= 15 is 0 Å². The van der Waals surface area contributed by atoms with Gasteiger partial charge in [-0.25, -0.2) is 0 Å². The Hall–Kier alpha value is -0.610. The topological polar surface area (TPSA) is 49.6 Å². The number of hydrogen-bond donors (Lipinski definition) is 1. The molecule has 0 saturated carbocycles. The highest BCUT2D eigenvalue weighted by Crippen LogP contribution is 2.17. The Morgan fingerprint density at radius 1 is 1.44 bits per heavy atom. The smallest absolute Gasteiger partial charge is 0.239 e. The molecule has 1 saturated heterocycles. The fourth-order valence-corrected chi connectivity index (χ4v) is 2.55. The van der Waals surface area contributed by atoms with Crippen molar-refractivity contribution in [2.24, 2.45) is 11.7 Å². The molecule has 1 atom stereocenters. The second kappa shape index (κ2) is 7.74. The Kier molecular flexibility index (Phi) is 6.65. The van der Waals surface area contributed by atoms with Gasteiger partial charge in [0.15, 0.2) is 0 Å². The summed E-state index contributed by atoms with van der Waals surface area (Å²) < 4.78 is 0. The minimum Gasteiger partial charge on any atom is -0.344 e. The van der Waals surface area contributed by atoms with Gasteiger partial charge in [-0.2, -0.15) is 0 Å². The summed E-state index contributed by atoms with van der Waals surface area (Å²) in [5.74, 6) is 0.760. The highest BCUT2D eigenvalue weighted by molar-refractivity contribution is 5.81. The van der Waals surface area contributed by atoms with Crippen LogP contribution < -0.4 is 5.73 Å². The molecular formula is C14H29N3O. The molecule has 4 heteroatoms. The van der Waals surface area contributed by atoms with E-state index < -0.39 is 0 Å². The van der Waals surface area contributed by atoms with Gasteiger partial charge in [0.1, 0.15) is 0 Å². The molecular weight excluding hydrogens is 226 g/mol. The molecule has 18 heavy (non-hydrogen) atoms. The van der Waals surface area contributed by atoms with Crippen LogP contribution in [0.5, 0.6) is 0 Å². The van der Waals surface area contributed by atoms with Gasteiger partial charge in [-0.3, -0.25) is 4.79 Å². The minimum atomic E-state index is -0.304. The normalized spacial score (nSPS) is 19.8. The third-order valence-corrected chi connectivity index (χ3v) is 3.93. The van der Waals surface area contributed by atoms with Gasteiger partial charge < -0.3 is 15.5 Å². The van der Waals surface area contributed by atoms with Crippen molar-refractivity contribution in [2.45, 2.75) is 45.1 Å². The number of likely N-dealkylation sites (N-methyl/N-ethyl adjacent to an activating group) is 1. The summed E-state index contributed by atoms with van der Waals surface area (Å²) in [6.07, 6.45) is 5.33. The average Bonchev–Trinajstić information content (AvgIpc) is 2.37. The van der Waals surface area contributed by atoms with Crippen molar-refractivity contribution in [1.82, 2.24) is 9.80 Å². The van der Waals surface area contributed by atoms with Crippen molar-refractivity contribution < 1.29 is 4.79 Å². The van der Waals surface area contributed by atoms with Gasteiger partial charge in [0.25, 0.3) is 0 Å². The van der Waals surface area contributed by atoms with Crippen molar-refractivity contribution in [3.63, 3.8) is 0 Å². The standard InChI is InChI=1S/C14H29N3O/c1-4-5-6-13(15)14(18)17(3)11-12-7-9-16(2)10-8-12/h12-13H,4-11,15H2,1-3H3. The molecule has 1 aliphatic heterocycles. The third-order valence-electron chi connectivity index (χ3n) is 3.93. The van der Waals surface area contributed by atoms with Crippen molar-refractivity contribution in [1.29, 1.82) is 0 Å². The zero-order chi connectivity index (χ0) is 13.5. The van der Waals surface area contributed by atoms with E-state index in [1.165, 1.54) is 12.8 Å². The second-order valence-corrected chi connectivity index (χ2v) is 5.71. The van der Waals surface area contributed by atoms with Crippen molar-refractivity contribution in [2.75, 3.05) is 33.7 Å². The van der Waals surface area contributed by atoms with E-state index in [2.05, 4.69) is 18.9 Å². The first-order valence-electron chi connectivity index (χ1n) is 7.23. The van der Waals surface area contributed by atoms with Crippen LogP contribution in [0.25, 0.3) is 0 Å². The maximum Gasteiger partial charge on any atom is 0.239 e. The van der Waals surface area contributed by atoms with Crippen molar-refractivity contribution in [3.05, 3.63) is 0 Å². The van der Waals surface area contributed by atoms with Gasteiger partial charge in [-0.15, -0.1) is 0 Å². The number of piperidine rings is 1. The summed E-state index contributed by atoms with van der Waals surface area (Å²) >= 11 is 0. The van der Waals surface area contributed by atoms with Crippen LogP contribution in [0.15, 0.2) is 0 Å². The van der Waals surface area contributed by atoms with E-state index in [-0.39, 0.29) is 11.9 Å². The first-order chi connectivity index (χ1) is 8.54.